The summed E-state index contributed by atoms with van der Waals surface area (Å²) < 4.78 is 0. The molecule has 1 atom stereocenters. The van der Waals surface area contributed by atoms with Gasteiger partial charge in [-0.05, 0) is 30.2 Å². The lowest BCUT2D eigenvalue weighted by molar-refractivity contribution is -0.119. The number of carbonyl (C=O) groups is 1. The monoisotopic (exact) mass is 317 g/mol. The van der Waals surface area contributed by atoms with Crippen molar-refractivity contribution in [3.8, 4) is 0 Å². The van der Waals surface area contributed by atoms with Gasteiger partial charge in [-0.25, -0.2) is 4.98 Å². The molecule has 1 aromatic heterocycles. The first-order chi connectivity index (χ1) is 10.6. The molecule has 3 rings (SSSR count). The molecule has 5 heteroatoms. The zero-order valence-corrected chi connectivity index (χ0v) is 13.4. The van der Waals surface area contributed by atoms with E-state index in [1.807, 2.05) is 18.2 Å². The molecule has 1 aliphatic rings. The summed E-state index contributed by atoms with van der Waals surface area (Å²) in [5.41, 5.74) is 0. The van der Waals surface area contributed by atoms with Gasteiger partial charge >= 0.3 is 0 Å². The highest BCUT2D eigenvalue weighted by Crippen LogP contribution is 2.28. The number of halogens is 1. The van der Waals surface area contributed by atoms with Crippen molar-refractivity contribution < 1.29 is 4.79 Å². The van der Waals surface area contributed by atoms with Crippen LogP contribution in [0, 0.1) is 5.92 Å². The molecule has 116 valence electrons. The minimum Gasteiger partial charge on any atom is -0.356 e. The van der Waals surface area contributed by atoms with Crippen molar-refractivity contribution in [3.05, 3.63) is 35.5 Å². The minimum absolute atomic E-state index is 0.0315. The van der Waals surface area contributed by atoms with Crippen LogP contribution in [-0.2, 0) is 4.79 Å². The van der Waals surface area contributed by atoms with Crippen molar-refractivity contribution in [2.45, 2.75) is 19.8 Å². The maximum Gasteiger partial charge on any atom is 0.216 e. The van der Waals surface area contributed by atoms with E-state index in [4.69, 9.17) is 11.6 Å². The van der Waals surface area contributed by atoms with E-state index in [-0.39, 0.29) is 5.91 Å². The van der Waals surface area contributed by atoms with E-state index in [0.717, 1.165) is 49.1 Å². The number of hydrogen-bond donors (Lipinski definition) is 1. The zero-order chi connectivity index (χ0) is 15.5. The second kappa shape index (κ2) is 6.53. The average molecular weight is 318 g/mol. The summed E-state index contributed by atoms with van der Waals surface area (Å²) in [6.45, 7) is 4.18. The van der Waals surface area contributed by atoms with Gasteiger partial charge in [-0.3, -0.25) is 4.79 Å². The molecular weight excluding hydrogens is 298 g/mol. The summed E-state index contributed by atoms with van der Waals surface area (Å²) in [5, 5.41) is 5.57. The number of benzene rings is 1. The normalized spacial score (nSPS) is 18.5. The summed E-state index contributed by atoms with van der Waals surface area (Å²) in [4.78, 5) is 17.9. The third-order valence-corrected chi connectivity index (χ3v) is 4.45. The summed E-state index contributed by atoms with van der Waals surface area (Å²) in [7, 11) is 0. The van der Waals surface area contributed by atoms with Gasteiger partial charge in [0.05, 0.1) is 0 Å². The van der Waals surface area contributed by atoms with Gasteiger partial charge in [0.15, 0.2) is 0 Å². The second-order valence-corrected chi connectivity index (χ2v) is 6.24. The van der Waals surface area contributed by atoms with Crippen molar-refractivity contribution in [2.75, 3.05) is 24.5 Å². The first-order valence-corrected chi connectivity index (χ1v) is 8.06. The number of amides is 1. The van der Waals surface area contributed by atoms with Gasteiger partial charge in [-0.1, -0.05) is 35.9 Å². The number of pyridine rings is 1. The summed E-state index contributed by atoms with van der Waals surface area (Å²) >= 11 is 6.33. The van der Waals surface area contributed by atoms with Crippen molar-refractivity contribution >= 4 is 34.1 Å². The van der Waals surface area contributed by atoms with Crippen molar-refractivity contribution in [2.24, 2.45) is 5.92 Å². The lowest BCUT2D eigenvalue weighted by Crippen LogP contribution is -2.40. The van der Waals surface area contributed by atoms with E-state index in [1.54, 1.807) is 6.92 Å². The number of hydrogen-bond acceptors (Lipinski definition) is 3. The molecule has 1 aliphatic heterocycles. The number of nitrogens with zero attached hydrogens (tertiary/aromatic N) is 2. The molecule has 0 aliphatic carbocycles. The molecule has 1 aromatic carbocycles. The maximum absolute atomic E-state index is 11.1. The quantitative estimate of drug-likeness (QED) is 0.884. The van der Waals surface area contributed by atoms with Gasteiger partial charge in [-0.15, -0.1) is 0 Å². The van der Waals surface area contributed by atoms with E-state index in [1.165, 1.54) is 0 Å². The number of fused-ring (bicyclic) bond motifs is 1. The predicted octanol–water partition coefficient (Wildman–Crippen LogP) is 3.24. The maximum atomic E-state index is 11.1. The largest absolute Gasteiger partial charge is 0.356 e. The molecule has 2 heterocycles. The van der Waals surface area contributed by atoms with E-state index in [9.17, 15) is 4.79 Å². The van der Waals surface area contributed by atoms with Crippen LogP contribution >= 0.6 is 11.6 Å². The van der Waals surface area contributed by atoms with Crippen LogP contribution in [0.4, 0.5) is 5.82 Å². The lowest BCUT2D eigenvalue weighted by atomic mass is 9.98. The molecular formula is C17H20ClN3O. The van der Waals surface area contributed by atoms with Crippen LogP contribution in [-0.4, -0.2) is 30.5 Å². The molecule has 0 radical (unpaired) electrons. The van der Waals surface area contributed by atoms with Crippen molar-refractivity contribution in [3.63, 3.8) is 0 Å². The van der Waals surface area contributed by atoms with Crippen LogP contribution in [0.1, 0.15) is 19.8 Å². The second-order valence-electron chi connectivity index (χ2n) is 5.88. The Hall–Kier alpha value is -1.81. The molecule has 0 bridgehead atoms. The number of anilines is 1. The van der Waals surface area contributed by atoms with Crippen LogP contribution in [0.25, 0.3) is 10.8 Å². The molecule has 2 aromatic rings. The molecule has 4 nitrogen and oxygen atoms in total. The van der Waals surface area contributed by atoms with E-state index in [0.29, 0.717) is 11.1 Å². The Morgan fingerprint density at radius 3 is 3.09 bits per heavy atom. The van der Waals surface area contributed by atoms with Crippen molar-refractivity contribution in [1.29, 1.82) is 0 Å². The highest BCUT2D eigenvalue weighted by Gasteiger charge is 2.21. The van der Waals surface area contributed by atoms with Crippen molar-refractivity contribution in [1.82, 2.24) is 10.3 Å². The standard InChI is InChI=1S/C17H20ClN3O/c1-12(22)19-10-13-5-4-8-21(11-13)16-9-14-6-2-3-7-15(14)17(18)20-16/h2-3,6-7,9,13H,4-5,8,10-11H2,1H3,(H,19,22). The lowest BCUT2D eigenvalue weighted by Gasteiger charge is -2.33. The molecule has 0 saturated carbocycles. The highest BCUT2D eigenvalue weighted by molar-refractivity contribution is 6.34. The fourth-order valence-electron chi connectivity index (χ4n) is 3.03. The smallest absolute Gasteiger partial charge is 0.216 e. The van der Waals surface area contributed by atoms with Gasteiger partial charge in [0.25, 0.3) is 0 Å². The SMILES string of the molecule is CC(=O)NCC1CCCN(c2cc3ccccc3c(Cl)n2)C1. The third kappa shape index (κ3) is 3.33. The minimum atomic E-state index is 0.0315. The molecule has 22 heavy (non-hydrogen) atoms. The number of carbonyl (C=O) groups excluding carboxylic acids is 1. The van der Waals surface area contributed by atoms with Gasteiger partial charge in [0.1, 0.15) is 11.0 Å². The fourth-order valence-corrected chi connectivity index (χ4v) is 3.29. The fraction of sp³-hybridized carbons (Fsp3) is 0.412. The Balaban J connectivity index is 1.79. The molecule has 0 spiro atoms. The Labute approximate surface area is 135 Å². The number of aromatic nitrogens is 1. The molecule has 1 fully saturated rings. The van der Waals surface area contributed by atoms with Crippen LogP contribution < -0.4 is 10.2 Å². The Kier molecular flexibility index (Phi) is 4.48. The van der Waals surface area contributed by atoms with E-state index >= 15 is 0 Å². The van der Waals surface area contributed by atoms with Gasteiger partial charge < -0.3 is 10.2 Å². The zero-order valence-electron chi connectivity index (χ0n) is 12.7. The van der Waals surface area contributed by atoms with E-state index in [2.05, 4.69) is 27.3 Å². The van der Waals surface area contributed by atoms with Crippen LogP contribution in [0.2, 0.25) is 5.15 Å². The first-order valence-electron chi connectivity index (χ1n) is 7.68. The average Bonchev–Trinajstić information content (AvgIpc) is 2.53. The number of nitrogens with one attached hydrogen (secondary N) is 1. The van der Waals surface area contributed by atoms with E-state index < -0.39 is 0 Å². The predicted molar refractivity (Wildman–Crippen MR) is 90.4 cm³/mol. The van der Waals surface area contributed by atoms with Gasteiger partial charge in [-0.2, -0.15) is 0 Å². The highest BCUT2D eigenvalue weighted by atomic mass is 35.5. The first kappa shape index (κ1) is 15.1. The van der Waals surface area contributed by atoms with Crippen LogP contribution in [0.15, 0.2) is 30.3 Å². The van der Waals surface area contributed by atoms with Crippen LogP contribution in [0.5, 0.6) is 0 Å². The Bertz CT molecular complexity index is 689. The Morgan fingerprint density at radius 1 is 1.45 bits per heavy atom. The topological polar surface area (TPSA) is 45.2 Å². The molecule has 1 N–H and O–H groups in total. The van der Waals surface area contributed by atoms with Crippen LogP contribution in [0.3, 0.4) is 0 Å². The summed E-state index contributed by atoms with van der Waals surface area (Å²) in [6.07, 6.45) is 2.24. The summed E-state index contributed by atoms with van der Waals surface area (Å²) in [5.74, 6) is 1.42. The molecule has 1 amide bonds. The molecule has 1 saturated heterocycles. The number of piperidine rings is 1. The van der Waals surface area contributed by atoms with Gasteiger partial charge in [0.2, 0.25) is 5.91 Å². The Morgan fingerprint density at radius 2 is 2.27 bits per heavy atom. The van der Waals surface area contributed by atoms with Gasteiger partial charge in [0, 0.05) is 31.9 Å². The third-order valence-electron chi connectivity index (χ3n) is 4.16. The summed E-state index contributed by atoms with van der Waals surface area (Å²) in [6, 6.07) is 10.1. The number of rotatable bonds is 3. The molecule has 1 unspecified atom stereocenters.